The summed E-state index contributed by atoms with van der Waals surface area (Å²) >= 11 is 1.23. The third-order valence-electron chi connectivity index (χ3n) is 2.31. The van der Waals surface area contributed by atoms with E-state index >= 15 is 0 Å². The molecule has 0 saturated carbocycles. The molecule has 1 amide bonds. The van der Waals surface area contributed by atoms with Gasteiger partial charge in [-0.3, -0.25) is 9.59 Å². The molecule has 0 bridgehead atoms. The van der Waals surface area contributed by atoms with Crippen LogP contribution >= 0.6 is 11.8 Å². The molecule has 1 aromatic rings. The van der Waals surface area contributed by atoms with Crippen molar-refractivity contribution in [2.45, 2.75) is 13.0 Å². The van der Waals surface area contributed by atoms with E-state index in [2.05, 4.69) is 5.32 Å². The fraction of sp³-hybridized carbons (Fsp3) is 0.385. The Morgan fingerprint density at radius 3 is 2.79 bits per heavy atom. The Balaban J connectivity index is 2.44. The fourth-order valence-corrected chi connectivity index (χ4v) is 2.11. The van der Waals surface area contributed by atoms with Crippen LogP contribution in [0, 0.1) is 0 Å². The smallest absolute Gasteiger partial charge is 0.234 e. The van der Waals surface area contributed by atoms with Crippen LogP contribution < -0.4 is 5.32 Å². The predicted molar refractivity (Wildman–Crippen MR) is 75.5 cm³/mol. The van der Waals surface area contributed by atoms with Crippen LogP contribution in [0.15, 0.2) is 24.3 Å². The average molecular weight is 283 g/mol. The van der Waals surface area contributed by atoms with Crippen molar-refractivity contribution in [2.24, 2.45) is 0 Å². The minimum absolute atomic E-state index is 0.0588. The molecule has 1 unspecified atom stereocenters. The summed E-state index contributed by atoms with van der Waals surface area (Å²) in [5.41, 5.74) is 1.11. The van der Waals surface area contributed by atoms with Crippen LogP contribution in [-0.4, -0.2) is 46.1 Å². The molecule has 19 heavy (non-hydrogen) atoms. The molecular formula is C13H17NO4S. The van der Waals surface area contributed by atoms with Crippen LogP contribution in [0.2, 0.25) is 0 Å². The van der Waals surface area contributed by atoms with Crippen molar-refractivity contribution in [3.05, 3.63) is 29.8 Å². The number of carbonyl (C=O) groups excluding carboxylic acids is 2. The van der Waals surface area contributed by atoms with Crippen LogP contribution in [0.5, 0.6) is 0 Å². The number of aliphatic hydroxyl groups excluding tert-OH is 2. The van der Waals surface area contributed by atoms with E-state index in [0.29, 0.717) is 17.0 Å². The normalized spacial score (nSPS) is 11.9. The molecule has 3 N–H and O–H groups in total. The first-order valence-corrected chi connectivity index (χ1v) is 6.96. The summed E-state index contributed by atoms with van der Waals surface area (Å²) in [6.45, 7) is 1.16. The van der Waals surface area contributed by atoms with Crippen molar-refractivity contribution in [1.29, 1.82) is 0 Å². The molecule has 0 aliphatic rings. The zero-order chi connectivity index (χ0) is 14.3. The molecule has 0 spiro atoms. The van der Waals surface area contributed by atoms with Crippen molar-refractivity contribution in [3.8, 4) is 0 Å². The topological polar surface area (TPSA) is 86.6 Å². The summed E-state index contributed by atoms with van der Waals surface area (Å²) < 4.78 is 0. The molecule has 1 aromatic carbocycles. The first-order valence-electron chi connectivity index (χ1n) is 5.80. The molecule has 0 fully saturated rings. The van der Waals surface area contributed by atoms with Gasteiger partial charge in [0, 0.05) is 17.0 Å². The molecule has 104 valence electrons. The van der Waals surface area contributed by atoms with Crippen molar-refractivity contribution in [2.75, 3.05) is 23.4 Å². The van der Waals surface area contributed by atoms with Gasteiger partial charge in [0.05, 0.1) is 18.5 Å². The number of ketones is 1. The van der Waals surface area contributed by atoms with Gasteiger partial charge in [0.25, 0.3) is 0 Å². The Labute approximate surface area is 116 Å². The predicted octanol–water partition coefficient (Wildman–Crippen LogP) is 0.914. The molecule has 1 rings (SSSR count). The van der Waals surface area contributed by atoms with Gasteiger partial charge in [0.2, 0.25) is 5.91 Å². The highest BCUT2D eigenvalue weighted by molar-refractivity contribution is 8.00. The highest BCUT2D eigenvalue weighted by Gasteiger charge is 2.07. The number of hydrogen-bond acceptors (Lipinski definition) is 5. The Morgan fingerprint density at radius 1 is 1.42 bits per heavy atom. The number of hydrogen-bond donors (Lipinski definition) is 3. The number of amides is 1. The van der Waals surface area contributed by atoms with Gasteiger partial charge in [0.15, 0.2) is 5.78 Å². The van der Waals surface area contributed by atoms with Crippen LogP contribution in [0.3, 0.4) is 0 Å². The number of rotatable bonds is 7. The van der Waals surface area contributed by atoms with Crippen LogP contribution in [0.1, 0.15) is 17.3 Å². The molecule has 0 aliphatic heterocycles. The van der Waals surface area contributed by atoms with E-state index in [1.54, 1.807) is 24.3 Å². The zero-order valence-electron chi connectivity index (χ0n) is 10.6. The lowest BCUT2D eigenvalue weighted by Gasteiger charge is -2.08. The van der Waals surface area contributed by atoms with E-state index in [4.69, 9.17) is 10.2 Å². The molecule has 0 aliphatic carbocycles. The van der Waals surface area contributed by atoms with Gasteiger partial charge in [-0.15, -0.1) is 11.8 Å². The minimum Gasteiger partial charge on any atom is -0.394 e. The Hall–Kier alpha value is -1.37. The first-order chi connectivity index (χ1) is 9.02. The molecule has 0 saturated heterocycles. The van der Waals surface area contributed by atoms with Crippen LogP contribution in [-0.2, 0) is 4.79 Å². The van der Waals surface area contributed by atoms with Gasteiger partial charge in [-0.05, 0) is 19.1 Å². The van der Waals surface area contributed by atoms with Gasteiger partial charge in [0.1, 0.15) is 0 Å². The van der Waals surface area contributed by atoms with Crippen molar-refractivity contribution in [3.63, 3.8) is 0 Å². The minimum atomic E-state index is -0.807. The molecule has 0 heterocycles. The number of anilines is 1. The monoisotopic (exact) mass is 283 g/mol. The van der Waals surface area contributed by atoms with E-state index in [0.717, 1.165) is 0 Å². The van der Waals surface area contributed by atoms with E-state index < -0.39 is 6.10 Å². The molecule has 5 nitrogen and oxygen atoms in total. The van der Waals surface area contributed by atoms with Gasteiger partial charge in [-0.25, -0.2) is 0 Å². The van der Waals surface area contributed by atoms with Gasteiger partial charge in [-0.2, -0.15) is 0 Å². The number of aliphatic hydroxyl groups is 2. The van der Waals surface area contributed by atoms with Crippen molar-refractivity contribution >= 4 is 29.1 Å². The average Bonchev–Trinajstić information content (AvgIpc) is 2.38. The summed E-state index contributed by atoms with van der Waals surface area (Å²) in [6, 6.07) is 6.71. The molecule has 0 radical (unpaired) electrons. The number of thioether (sulfide) groups is 1. The maximum Gasteiger partial charge on any atom is 0.234 e. The second kappa shape index (κ2) is 7.93. The van der Waals surface area contributed by atoms with E-state index in [1.165, 1.54) is 18.7 Å². The lowest BCUT2D eigenvalue weighted by molar-refractivity contribution is -0.113. The van der Waals surface area contributed by atoms with Gasteiger partial charge >= 0.3 is 0 Å². The third kappa shape index (κ3) is 5.87. The van der Waals surface area contributed by atoms with Crippen molar-refractivity contribution < 1.29 is 19.8 Å². The number of Topliss-reactive ketones (excluding diaryl/α,β-unsaturated/α-hetero) is 1. The van der Waals surface area contributed by atoms with E-state index in [1.807, 2.05) is 0 Å². The Bertz CT molecular complexity index is 450. The number of nitrogens with one attached hydrogen (secondary N) is 1. The Morgan fingerprint density at radius 2 is 2.16 bits per heavy atom. The lowest BCUT2D eigenvalue weighted by atomic mass is 10.1. The van der Waals surface area contributed by atoms with Gasteiger partial charge in [-0.1, -0.05) is 12.1 Å². The second-order valence-electron chi connectivity index (χ2n) is 4.04. The molecule has 1 atom stereocenters. The maximum atomic E-state index is 11.6. The largest absolute Gasteiger partial charge is 0.394 e. The molecular weight excluding hydrogens is 266 g/mol. The van der Waals surface area contributed by atoms with E-state index in [9.17, 15) is 9.59 Å². The summed E-state index contributed by atoms with van der Waals surface area (Å²) in [5, 5.41) is 20.4. The Kier molecular flexibility index (Phi) is 6.55. The third-order valence-corrected chi connectivity index (χ3v) is 3.39. The summed E-state index contributed by atoms with van der Waals surface area (Å²) in [6.07, 6.45) is -0.807. The van der Waals surface area contributed by atoms with Crippen molar-refractivity contribution in [1.82, 2.24) is 0 Å². The molecule has 6 heteroatoms. The van der Waals surface area contributed by atoms with Crippen LogP contribution in [0.4, 0.5) is 5.69 Å². The van der Waals surface area contributed by atoms with Gasteiger partial charge < -0.3 is 15.5 Å². The summed E-state index contributed by atoms with van der Waals surface area (Å²) in [4.78, 5) is 22.8. The standard InChI is InChI=1S/C13H17NO4S/c1-9(16)10-3-2-4-11(5-10)14-13(18)8-19-7-12(17)6-15/h2-5,12,15,17H,6-8H2,1H3,(H,14,18). The maximum absolute atomic E-state index is 11.6. The SMILES string of the molecule is CC(=O)c1cccc(NC(=O)CSCC(O)CO)c1. The summed E-state index contributed by atoms with van der Waals surface area (Å²) in [5.74, 6) is 0.214. The lowest BCUT2D eigenvalue weighted by Crippen LogP contribution is -2.19. The molecule has 0 aromatic heterocycles. The highest BCUT2D eigenvalue weighted by Crippen LogP contribution is 2.12. The van der Waals surface area contributed by atoms with Crippen LogP contribution in [0.25, 0.3) is 0 Å². The number of benzene rings is 1. The second-order valence-corrected chi connectivity index (χ2v) is 5.07. The summed E-state index contributed by atoms with van der Waals surface area (Å²) in [7, 11) is 0. The van der Waals surface area contributed by atoms with E-state index in [-0.39, 0.29) is 24.1 Å². The highest BCUT2D eigenvalue weighted by atomic mass is 32.2. The zero-order valence-corrected chi connectivity index (χ0v) is 11.4. The fourth-order valence-electron chi connectivity index (χ4n) is 1.35. The quantitative estimate of drug-likeness (QED) is 0.648. The first kappa shape index (κ1) is 15.7. The number of carbonyl (C=O) groups is 2.